The van der Waals surface area contributed by atoms with Gasteiger partial charge in [0.1, 0.15) is 5.78 Å². The maximum Gasteiger partial charge on any atom is 0.337 e. The Labute approximate surface area is 108 Å². The molecule has 1 aromatic carbocycles. The first-order valence-corrected chi connectivity index (χ1v) is 6.24. The molecule has 1 rings (SSSR count). The second-order valence-corrected chi connectivity index (χ2v) is 4.66. The molecule has 0 radical (unpaired) electrons. The van der Waals surface area contributed by atoms with Crippen molar-refractivity contribution >= 4 is 11.8 Å². The number of ketones is 1. The molecule has 0 aromatic heterocycles. The number of hydrogen-bond donors (Lipinski definition) is 0. The van der Waals surface area contributed by atoms with Crippen molar-refractivity contribution in [3.63, 3.8) is 0 Å². The lowest BCUT2D eigenvalue weighted by Gasteiger charge is -2.05. The summed E-state index contributed by atoms with van der Waals surface area (Å²) in [5.41, 5.74) is 1.69. The van der Waals surface area contributed by atoms with Crippen molar-refractivity contribution in [1.29, 1.82) is 0 Å². The number of benzene rings is 1. The van der Waals surface area contributed by atoms with Crippen LogP contribution >= 0.6 is 0 Å². The third-order valence-electron chi connectivity index (χ3n) is 2.91. The first kappa shape index (κ1) is 14.4. The van der Waals surface area contributed by atoms with Gasteiger partial charge in [0.2, 0.25) is 0 Å². The van der Waals surface area contributed by atoms with Crippen LogP contribution in [0.2, 0.25) is 0 Å². The van der Waals surface area contributed by atoms with Gasteiger partial charge in [0.05, 0.1) is 12.7 Å². The molecule has 3 heteroatoms. The quantitative estimate of drug-likeness (QED) is 0.727. The third kappa shape index (κ3) is 4.32. The molecule has 0 aliphatic carbocycles. The van der Waals surface area contributed by atoms with E-state index >= 15 is 0 Å². The normalized spacial score (nSPS) is 10.4. The summed E-state index contributed by atoms with van der Waals surface area (Å²) in [6, 6.07) is 7.33. The Bertz CT molecular complexity index is 404. The van der Waals surface area contributed by atoms with Crippen LogP contribution in [0.5, 0.6) is 0 Å². The molecule has 0 unspecified atom stereocenters. The summed E-state index contributed by atoms with van der Waals surface area (Å²) >= 11 is 0. The van der Waals surface area contributed by atoms with E-state index in [0.29, 0.717) is 17.8 Å². The summed E-state index contributed by atoms with van der Waals surface area (Å²) in [6.45, 7) is 3.85. The lowest BCUT2D eigenvalue weighted by atomic mass is 10.0. The Balaban J connectivity index is 2.45. The Hall–Kier alpha value is -1.64. The topological polar surface area (TPSA) is 43.4 Å². The van der Waals surface area contributed by atoms with Crippen LogP contribution in [-0.4, -0.2) is 18.9 Å². The Morgan fingerprint density at radius 3 is 2.28 bits per heavy atom. The van der Waals surface area contributed by atoms with E-state index in [1.54, 1.807) is 12.1 Å². The van der Waals surface area contributed by atoms with E-state index in [9.17, 15) is 9.59 Å². The minimum absolute atomic E-state index is 0.117. The molecule has 0 aliphatic rings. The smallest absolute Gasteiger partial charge is 0.337 e. The third-order valence-corrected chi connectivity index (χ3v) is 2.91. The van der Waals surface area contributed by atoms with Gasteiger partial charge in [-0.15, -0.1) is 0 Å². The number of esters is 1. The molecule has 0 heterocycles. The Morgan fingerprint density at radius 2 is 1.78 bits per heavy atom. The van der Waals surface area contributed by atoms with Crippen LogP contribution in [0.25, 0.3) is 0 Å². The summed E-state index contributed by atoms with van der Waals surface area (Å²) in [7, 11) is 1.37. The first-order valence-electron chi connectivity index (χ1n) is 6.24. The first-order chi connectivity index (χ1) is 8.54. The van der Waals surface area contributed by atoms with Crippen molar-refractivity contribution in [1.82, 2.24) is 0 Å². The second kappa shape index (κ2) is 6.94. The van der Waals surface area contributed by atoms with Gasteiger partial charge in [-0.05, 0) is 30.5 Å². The minimum atomic E-state index is -0.323. The largest absolute Gasteiger partial charge is 0.465 e. The van der Waals surface area contributed by atoms with Crippen LogP contribution in [0, 0.1) is 5.92 Å². The number of carbonyl (C=O) groups excluding carboxylic acids is 2. The zero-order valence-electron chi connectivity index (χ0n) is 11.2. The summed E-state index contributed by atoms with van der Waals surface area (Å²) in [5, 5.41) is 0. The van der Waals surface area contributed by atoms with Gasteiger partial charge in [-0.1, -0.05) is 26.0 Å². The molecule has 0 aliphatic heterocycles. The molecule has 0 amide bonds. The maximum absolute atomic E-state index is 11.5. The number of Topliss-reactive ketones (excluding diaryl/α,β-unsaturated/α-hetero) is 1. The zero-order valence-corrected chi connectivity index (χ0v) is 11.2. The number of aryl methyl sites for hydroxylation is 1. The fourth-order valence-corrected chi connectivity index (χ4v) is 1.68. The summed E-state index contributed by atoms with van der Waals surface area (Å²) in [4.78, 5) is 22.7. The predicted octanol–water partition coefficient (Wildman–Crippen LogP) is 3.02. The molecule has 0 bridgehead atoms. The van der Waals surface area contributed by atoms with E-state index in [4.69, 9.17) is 0 Å². The van der Waals surface area contributed by atoms with Crippen molar-refractivity contribution in [2.75, 3.05) is 7.11 Å². The van der Waals surface area contributed by atoms with E-state index in [1.165, 1.54) is 7.11 Å². The van der Waals surface area contributed by atoms with E-state index in [1.807, 2.05) is 26.0 Å². The van der Waals surface area contributed by atoms with Gasteiger partial charge < -0.3 is 4.74 Å². The maximum atomic E-state index is 11.5. The number of rotatable bonds is 6. The lowest BCUT2D eigenvalue weighted by Crippen LogP contribution is -2.06. The monoisotopic (exact) mass is 248 g/mol. The summed E-state index contributed by atoms with van der Waals surface area (Å²) < 4.78 is 4.63. The van der Waals surface area contributed by atoms with Crippen LogP contribution in [-0.2, 0) is 16.0 Å². The molecule has 0 N–H and O–H groups in total. The van der Waals surface area contributed by atoms with Crippen LogP contribution in [0.3, 0.4) is 0 Å². The van der Waals surface area contributed by atoms with Gasteiger partial charge in [-0.2, -0.15) is 0 Å². The molecule has 0 spiro atoms. The van der Waals surface area contributed by atoms with Crippen LogP contribution < -0.4 is 0 Å². The molecule has 0 saturated heterocycles. The van der Waals surface area contributed by atoms with E-state index in [0.717, 1.165) is 18.4 Å². The van der Waals surface area contributed by atoms with Gasteiger partial charge in [0, 0.05) is 12.3 Å². The number of hydrogen-bond acceptors (Lipinski definition) is 3. The van der Waals surface area contributed by atoms with E-state index in [2.05, 4.69) is 4.74 Å². The van der Waals surface area contributed by atoms with Crippen LogP contribution in [0.1, 0.15) is 42.6 Å². The van der Waals surface area contributed by atoms with Gasteiger partial charge >= 0.3 is 5.97 Å². The van der Waals surface area contributed by atoms with Crippen LogP contribution in [0.15, 0.2) is 24.3 Å². The zero-order chi connectivity index (χ0) is 13.5. The van der Waals surface area contributed by atoms with Crippen LogP contribution in [0.4, 0.5) is 0 Å². The molecule has 0 fully saturated rings. The Kier molecular flexibility index (Phi) is 5.56. The SMILES string of the molecule is COC(=O)c1ccc(CCCC(=O)C(C)C)cc1. The van der Waals surface area contributed by atoms with Crippen molar-refractivity contribution in [2.24, 2.45) is 5.92 Å². The molecule has 98 valence electrons. The Morgan fingerprint density at radius 1 is 1.17 bits per heavy atom. The minimum Gasteiger partial charge on any atom is -0.465 e. The van der Waals surface area contributed by atoms with Crippen molar-refractivity contribution in [3.8, 4) is 0 Å². The summed E-state index contributed by atoms with van der Waals surface area (Å²) in [6.07, 6.45) is 2.34. The highest BCUT2D eigenvalue weighted by molar-refractivity contribution is 5.89. The van der Waals surface area contributed by atoms with Gasteiger partial charge in [0.15, 0.2) is 0 Å². The van der Waals surface area contributed by atoms with E-state index < -0.39 is 0 Å². The molecular formula is C15H20O3. The number of carbonyl (C=O) groups is 2. The molecule has 0 atom stereocenters. The summed E-state index contributed by atoms with van der Waals surface area (Å²) in [5.74, 6) is 0.101. The fraction of sp³-hybridized carbons (Fsp3) is 0.467. The highest BCUT2D eigenvalue weighted by Gasteiger charge is 2.07. The average molecular weight is 248 g/mol. The molecule has 1 aromatic rings. The fourth-order valence-electron chi connectivity index (χ4n) is 1.68. The highest BCUT2D eigenvalue weighted by atomic mass is 16.5. The highest BCUT2D eigenvalue weighted by Crippen LogP contribution is 2.10. The van der Waals surface area contributed by atoms with Gasteiger partial charge in [-0.25, -0.2) is 4.79 Å². The molecule has 18 heavy (non-hydrogen) atoms. The predicted molar refractivity (Wildman–Crippen MR) is 70.6 cm³/mol. The lowest BCUT2D eigenvalue weighted by molar-refractivity contribution is -0.121. The van der Waals surface area contributed by atoms with Crippen molar-refractivity contribution in [2.45, 2.75) is 33.1 Å². The van der Waals surface area contributed by atoms with Gasteiger partial charge in [-0.3, -0.25) is 4.79 Å². The van der Waals surface area contributed by atoms with Crippen molar-refractivity contribution < 1.29 is 14.3 Å². The van der Waals surface area contributed by atoms with Gasteiger partial charge in [0.25, 0.3) is 0 Å². The molecule has 0 saturated carbocycles. The molecule has 3 nitrogen and oxygen atoms in total. The second-order valence-electron chi connectivity index (χ2n) is 4.66. The number of methoxy groups -OCH3 is 1. The average Bonchev–Trinajstić information content (AvgIpc) is 2.38. The number of ether oxygens (including phenoxy) is 1. The molecular weight excluding hydrogens is 228 g/mol. The standard InChI is InChI=1S/C15H20O3/c1-11(2)14(16)6-4-5-12-7-9-13(10-8-12)15(17)18-3/h7-11H,4-6H2,1-3H3. The van der Waals surface area contributed by atoms with E-state index in [-0.39, 0.29) is 11.9 Å². The van der Waals surface area contributed by atoms with Crippen molar-refractivity contribution in [3.05, 3.63) is 35.4 Å².